The van der Waals surface area contributed by atoms with Gasteiger partial charge in [-0.2, -0.15) is 0 Å². The summed E-state index contributed by atoms with van der Waals surface area (Å²) in [5, 5.41) is 5.36. The van der Waals surface area contributed by atoms with Gasteiger partial charge in [0.25, 0.3) is 0 Å². The van der Waals surface area contributed by atoms with Gasteiger partial charge in [0.15, 0.2) is 5.78 Å². The molecule has 26 heavy (non-hydrogen) atoms. The van der Waals surface area contributed by atoms with Crippen molar-refractivity contribution >= 4 is 29.1 Å². The van der Waals surface area contributed by atoms with Gasteiger partial charge in [-0.3, -0.25) is 9.59 Å². The Kier molecular flexibility index (Phi) is 6.40. The molecular formula is C18H21N5O3. The lowest BCUT2D eigenvalue weighted by atomic mass is 10.0. The van der Waals surface area contributed by atoms with Gasteiger partial charge in [0.1, 0.15) is 0 Å². The first kappa shape index (κ1) is 19.1. The molecule has 1 aliphatic carbocycles. The maximum absolute atomic E-state index is 11.8. The minimum Gasteiger partial charge on any atom is -0.369 e. The lowest BCUT2D eigenvalue weighted by Crippen LogP contribution is -2.33. The van der Waals surface area contributed by atoms with Crippen molar-refractivity contribution in [2.24, 2.45) is 16.5 Å². The molecule has 0 fully saturated rings. The van der Waals surface area contributed by atoms with E-state index < -0.39 is 6.03 Å². The largest absolute Gasteiger partial charge is 0.369 e. The van der Waals surface area contributed by atoms with Crippen LogP contribution in [0.3, 0.4) is 0 Å². The Hall–Kier alpha value is -3.26. The van der Waals surface area contributed by atoms with Crippen molar-refractivity contribution in [3.63, 3.8) is 0 Å². The SMILES string of the molecule is CC1=CC(=Nc2ccc(CCNCC(N)=O)cc2)C(NC(N)=O)=CC1=O. The van der Waals surface area contributed by atoms with Crippen LogP contribution in [0.5, 0.6) is 0 Å². The Bertz CT molecular complexity index is 807. The molecule has 0 unspecified atom stereocenters. The van der Waals surface area contributed by atoms with Crippen LogP contribution in [-0.2, 0) is 16.0 Å². The van der Waals surface area contributed by atoms with E-state index in [0.29, 0.717) is 23.5 Å². The Morgan fingerprint density at radius 1 is 1.12 bits per heavy atom. The fourth-order valence-corrected chi connectivity index (χ4v) is 2.32. The molecule has 0 bridgehead atoms. The summed E-state index contributed by atoms with van der Waals surface area (Å²) in [6.45, 7) is 2.46. The molecule has 2 rings (SSSR count). The monoisotopic (exact) mass is 355 g/mol. The summed E-state index contributed by atoms with van der Waals surface area (Å²) in [4.78, 5) is 38.0. The van der Waals surface area contributed by atoms with E-state index in [1.54, 1.807) is 13.0 Å². The van der Waals surface area contributed by atoms with Gasteiger partial charge in [-0.05, 0) is 49.2 Å². The van der Waals surface area contributed by atoms with E-state index in [1.807, 2.05) is 24.3 Å². The minimum absolute atomic E-state index is 0.151. The van der Waals surface area contributed by atoms with E-state index in [-0.39, 0.29) is 23.9 Å². The second-order valence-corrected chi connectivity index (χ2v) is 5.80. The van der Waals surface area contributed by atoms with Crippen LogP contribution in [0.1, 0.15) is 12.5 Å². The number of urea groups is 1. The molecule has 0 aromatic heterocycles. The predicted octanol–water partition coefficient (Wildman–Crippen LogP) is 0.458. The number of amides is 3. The van der Waals surface area contributed by atoms with Crippen molar-refractivity contribution < 1.29 is 14.4 Å². The van der Waals surface area contributed by atoms with E-state index >= 15 is 0 Å². The molecule has 6 N–H and O–H groups in total. The highest BCUT2D eigenvalue weighted by Crippen LogP contribution is 2.18. The average molecular weight is 355 g/mol. The van der Waals surface area contributed by atoms with Gasteiger partial charge in [0.2, 0.25) is 5.91 Å². The zero-order valence-corrected chi connectivity index (χ0v) is 14.4. The molecule has 1 aromatic carbocycles. The molecule has 0 saturated heterocycles. The lowest BCUT2D eigenvalue weighted by Gasteiger charge is -2.13. The summed E-state index contributed by atoms with van der Waals surface area (Å²) in [6, 6.07) is 6.74. The Balaban J connectivity index is 2.09. The highest BCUT2D eigenvalue weighted by molar-refractivity contribution is 6.22. The van der Waals surface area contributed by atoms with Crippen molar-refractivity contribution in [2.45, 2.75) is 13.3 Å². The number of ketones is 1. The first-order chi connectivity index (χ1) is 12.3. The van der Waals surface area contributed by atoms with Crippen LogP contribution in [-0.4, -0.2) is 36.5 Å². The number of allylic oxidation sites excluding steroid dienone is 3. The van der Waals surface area contributed by atoms with Crippen molar-refractivity contribution in [1.29, 1.82) is 0 Å². The molecular weight excluding hydrogens is 334 g/mol. The molecule has 1 aliphatic rings. The highest BCUT2D eigenvalue weighted by atomic mass is 16.2. The van der Waals surface area contributed by atoms with Crippen molar-refractivity contribution in [3.8, 4) is 0 Å². The van der Waals surface area contributed by atoms with Crippen LogP contribution in [0.15, 0.2) is 52.7 Å². The third-order valence-electron chi connectivity index (χ3n) is 3.63. The molecule has 0 atom stereocenters. The average Bonchev–Trinajstić information content (AvgIpc) is 2.57. The summed E-state index contributed by atoms with van der Waals surface area (Å²) in [5.74, 6) is -0.592. The normalized spacial score (nSPS) is 15.4. The molecule has 0 aliphatic heterocycles. The second-order valence-electron chi connectivity index (χ2n) is 5.80. The number of aliphatic imine (C=N–C) groups is 1. The van der Waals surface area contributed by atoms with E-state index in [9.17, 15) is 14.4 Å². The van der Waals surface area contributed by atoms with Gasteiger partial charge >= 0.3 is 6.03 Å². The van der Waals surface area contributed by atoms with E-state index in [1.165, 1.54) is 6.08 Å². The third-order valence-corrected chi connectivity index (χ3v) is 3.63. The summed E-state index contributed by atoms with van der Waals surface area (Å²) >= 11 is 0. The summed E-state index contributed by atoms with van der Waals surface area (Å²) in [5.41, 5.74) is 13.2. The number of nitrogens with one attached hydrogen (secondary N) is 2. The van der Waals surface area contributed by atoms with Gasteiger partial charge in [-0.25, -0.2) is 9.79 Å². The summed E-state index contributed by atoms with van der Waals surface area (Å²) < 4.78 is 0. The number of rotatable bonds is 7. The van der Waals surface area contributed by atoms with Crippen molar-refractivity contribution in [3.05, 3.63) is 53.3 Å². The third kappa shape index (κ3) is 5.67. The maximum atomic E-state index is 11.8. The Labute approximate surface area is 151 Å². The van der Waals surface area contributed by atoms with Gasteiger partial charge in [0.05, 0.1) is 23.6 Å². The topological polar surface area (TPSA) is 140 Å². The first-order valence-corrected chi connectivity index (χ1v) is 8.03. The molecule has 1 aromatic rings. The summed E-state index contributed by atoms with van der Waals surface area (Å²) in [7, 11) is 0. The number of hydrogen-bond donors (Lipinski definition) is 4. The zero-order chi connectivity index (χ0) is 19.1. The maximum Gasteiger partial charge on any atom is 0.316 e. The van der Waals surface area contributed by atoms with Gasteiger partial charge in [-0.1, -0.05) is 12.1 Å². The number of benzene rings is 1. The minimum atomic E-state index is -0.761. The number of nitrogens with two attached hydrogens (primary N) is 2. The van der Waals surface area contributed by atoms with Crippen molar-refractivity contribution in [1.82, 2.24) is 10.6 Å². The number of primary amides is 2. The molecule has 0 saturated carbocycles. The highest BCUT2D eigenvalue weighted by Gasteiger charge is 2.17. The lowest BCUT2D eigenvalue weighted by molar-refractivity contribution is -0.117. The first-order valence-electron chi connectivity index (χ1n) is 8.03. The van der Waals surface area contributed by atoms with Crippen LogP contribution in [0.4, 0.5) is 10.5 Å². The Morgan fingerprint density at radius 3 is 2.42 bits per heavy atom. The fourth-order valence-electron chi connectivity index (χ4n) is 2.32. The van der Waals surface area contributed by atoms with E-state index in [4.69, 9.17) is 11.5 Å². The number of carbonyl (C=O) groups is 3. The van der Waals surface area contributed by atoms with E-state index in [0.717, 1.165) is 12.0 Å². The molecule has 3 amide bonds. The number of carbonyl (C=O) groups excluding carboxylic acids is 3. The summed E-state index contributed by atoms with van der Waals surface area (Å²) in [6.07, 6.45) is 3.65. The van der Waals surface area contributed by atoms with Gasteiger partial charge in [-0.15, -0.1) is 0 Å². The molecule has 0 heterocycles. The van der Waals surface area contributed by atoms with Crippen LogP contribution in [0.25, 0.3) is 0 Å². The number of hydrogen-bond acceptors (Lipinski definition) is 5. The van der Waals surface area contributed by atoms with Gasteiger partial charge in [0, 0.05) is 6.08 Å². The molecule has 8 nitrogen and oxygen atoms in total. The van der Waals surface area contributed by atoms with Crippen LogP contribution >= 0.6 is 0 Å². The molecule has 8 heteroatoms. The van der Waals surface area contributed by atoms with Crippen LogP contribution < -0.4 is 22.1 Å². The number of nitrogens with zero attached hydrogens (tertiary/aromatic N) is 1. The smallest absolute Gasteiger partial charge is 0.316 e. The molecule has 0 spiro atoms. The molecule has 136 valence electrons. The predicted molar refractivity (Wildman–Crippen MR) is 98.9 cm³/mol. The van der Waals surface area contributed by atoms with Crippen LogP contribution in [0, 0.1) is 0 Å². The molecule has 0 radical (unpaired) electrons. The van der Waals surface area contributed by atoms with E-state index in [2.05, 4.69) is 15.6 Å². The van der Waals surface area contributed by atoms with Crippen LogP contribution in [0.2, 0.25) is 0 Å². The fraction of sp³-hybridized carbons (Fsp3) is 0.222. The Morgan fingerprint density at radius 2 is 1.81 bits per heavy atom. The van der Waals surface area contributed by atoms with Gasteiger partial charge < -0.3 is 22.1 Å². The quantitative estimate of drug-likeness (QED) is 0.416. The van der Waals surface area contributed by atoms with Crippen molar-refractivity contribution in [2.75, 3.05) is 13.1 Å². The zero-order valence-electron chi connectivity index (χ0n) is 14.4. The second kappa shape index (κ2) is 8.72. The standard InChI is InChI=1S/C18H21N5O3/c1-11-8-14(15(9-16(11)24)23-18(20)26)22-13-4-2-12(3-5-13)6-7-21-10-17(19)25/h2-5,8-9,21H,6-7,10H2,1H3,(H2,19,25)(H3,20,23,26).